The molecule has 2 aromatic rings. The largest absolute Gasteiger partial charge is 0.433 e. The van der Waals surface area contributed by atoms with E-state index in [1.54, 1.807) is 18.0 Å². The number of pyridine rings is 1. The standard InChI is InChI=1S/C22H26ClF3N4OS2/c1-29(2)21(32)33-12-20(31)27-14-5-7-15(8-6-14)30(3)18-11-19(22(24,25)26)28-17-9-4-13(23)10-16(17)18/h4,9-11,14-15H,5-8,12H2,1-3H3,(H,27,31). The average molecular weight is 519 g/mol. The van der Waals surface area contributed by atoms with Crippen LogP contribution in [-0.4, -0.2) is 59.1 Å². The topological polar surface area (TPSA) is 48.5 Å². The Balaban J connectivity index is 1.68. The predicted molar refractivity (Wildman–Crippen MR) is 133 cm³/mol. The van der Waals surface area contributed by atoms with Gasteiger partial charge in [0, 0.05) is 49.3 Å². The molecular formula is C22H26ClF3N4OS2. The number of carbonyl (C=O) groups excluding carboxylic acids is 1. The zero-order valence-corrected chi connectivity index (χ0v) is 21.0. The van der Waals surface area contributed by atoms with Crippen molar-refractivity contribution in [2.75, 3.05) is 31.8 Å². The number of hydrogen-bond donors (Lipinski definition) is 1. The number of nitrogens with zero attached hydrogens (tertiary/aromatic N) is 3. The molecule has 11 heteroatoms. The van der Waals surface area contributed by atoms with Crippen molar-refractivity contribution in [3.8, 4) is 0 Å². The molecular weight excluding hydrogens is 493 g/mol. The number of halogens is 4. The molecule has 1 N–H and O–H groups in total. The molecule has 5 nitrogen and oxygen atoms in total. The van der Waals surface area contributed by atoms with Crippen molar-refractivity contribution in [1.29, 1.82) is 0 Å². The van der Waals surface area contributed by atoms with E-state index in [0.29, 0.717) is 20.4 Å². The minimum absolute atomic E-state index is 0.0412. The molecule has 1 aromatic carbocycles. The third-order valence-electron chi connectivity index (χ3n) is 5.72. The Morgan fingerprint density at radius 1 is 1.21 bits per heavy atom. The Morgan fingerprint density at radius 3 is 2.48 bits per heavy atom. The van der Waals surface area contributed by atoms with Crippen LogP contribution in [0, 0.1) is 0 Å². The van der Waals surface area contributed by atoms with E-state index in [-0.39, 0.29) is 29.3 Å². The van der Waals surface area contributed by atoms with Gasteiger partial charge in [0.1, 0.15) is 10.0 Å². The Morgan fingerprint density at radius 2 is 1.88 bits per heavy atom. The number of nitrogens with one attached hydrogen (secondary N) is 1. The van der Waals surface area contributed by atoms with Gasteiger partial charge in [-0.15, -0.1) is 0 Å². The second-order valence-electron chi connectivity index (χ2n) is 8.32. The number of hydrogen-bond acceptors (Lipinski definition) is 5. The summed E-state index contributed by atoms with van der Waals surface area (Å²) in [6.45, 7) is 0. The van der Waals surface area contributed by atoms with Crippen molar-refractivity contribution in [1.82, 2.24) is 15.2 Å². The smallest absolute Gasteiger partial charge is 0.371 e. The van der Waals surface area contributed by atoms with Crippen LogP contribution in [0.3, 0.4) is 0 Å². The van der Waals surface area contributed by atoms with Gasteiger partial charge in [0.2, 0.25) is 5.91 Å². The van der Waals surface area contributed by atoms with E-state index in [1.165, 1.54) is 23.9 Å². The van der Waals surface area contributed by atoms with Crippen LogP contribution in [0.1, 0.15) is 31.4 Å². The van der Waals surface area contributed by atoms with Gasteiger partial charge in [-0.2, -0.15) is 13.2 Å². The van der Waals surface area contributed by atoms with E-state index >= 15 is 0 Å². The Labute approximate surface area is 206 Å². The van der Waals surface area contributed by atoms with Crippen molar-refractivity contribution in [3.63, 3.8) is 0 Å². The van der Waals surface area contributed by atoms with Crippen LogP contribution in [0.15, 0.2) is 24.3 Å². The number of alkyl halides is 3. The maximum atomic E-state index is 13.5. The number of rotatable bonds is 5. The zero-order valence-electron chi connectivity index (χ0n) is 18.6. The summed E-state index contributed by atoms with van der Waals surface area (Å²) in [4.78, 5) is 19.7. The summed E-state index contributed by atoms with van der Waals surface area (Å²) < 4.78 is 41.0. The van der Waals surface area contributed by atoms with Crippen LogP contribution in [0.2, 0.25) is 5.02 Å². The lowest BCUT2D eigenvalue weighted by molar-refractivity contribution is -0.140. The van der Waals surface area contributed by atoms with Gasteiger partial charge >= 0.3 is 6.18 Å². The quantitative estimate of drug-likeness (QED) is 0.538. The van der Waals surface area contributed by atoms with Crippen molar-refractivity contribution >= 4 is 62.4 Å². The molecule has 0 aliphatic heterocycles. The minimum Gasteiger partial charge on any atom is -0.371 e. The summed E-state index contributed by atoms with van der Waals surface area (Å²) in [6, 6.07) is 5.88. The minimum atomic E-state index is -4.54. The summed E-state index contributed by atoms with van der Waals surface area (Å²) in [5, 5.41) is 4.07. The Bertz CT molecular complexity index is 1030. The lowest BCUT2D eigenvalue weighted by Crippen LogP contribution is -2.43. The first-order valence-corrected chi connectivity index (χ1v) is 12.3. The second kappa shape index (κ2) is 10.7. The zero-order chi connectivity index (χ0) is 24.3. The molecule has 0 unspecified atom stereocenters. The van der Waals surface area contributed by atoms with Crippen LogP contribution < -0.4 is 10.2 Å². The van der Waals surface area contributed by atoms with Gasteiger partial charge in [0.25, 0.3) is 0 Å². The number of thioether (sulfide) groups is 1. The summed E-state index contributed by atoms with van der Waals surface area (Å²) >= 11 is 12.6. The highest BCUT2D eigenvalue weighted by Gasteiger charge is 2.34. The number of anilines is 1. The van der Waals surface area contributed by atoms with Crippen molar-refractivity contribution in [3.05, 3.63) is 35.0 Å². The first-order chi connectivity index (χ1) is 15.5. The summed E-state index contributed by atoms with van der Waals surface area (Å²) in [5.41, 5.74) is -0.214. The number of fused-ring (bicyclic) bond motifs is 1. The molecule has 33 heavy (non-hydrogen) atoms. The van der Waals surface area contributed by atoms with E-state index in [2.05, 4.69) is 10.3 Å². The molecule has 3 rings (SSSR count). The molecule has 1 heterocycles. The van der Waals surface area contributed by atoms with Gasteiger partial charge in [-0.1, -0.05) is 35.6 Å². The number of aromatic nitrogens is 1. The van der Waals surface area contributed by atoms with E-state index in [1.807, 2.05) is 19.0 Å². The van der Waals surface area contributed by atoms with E-state index < -0.39 is 11.9 Å². The number of amides is 1. The third kappa shape index (κ3) is 6.64. The van der Waals surface area contributed by atoms with Crippen LogP contribution in [0.5, 0.6) is 0 Å². The average Bonchev–Trinajstić information content (AvgIpc) is 2.76. The molecule has 0 saturated heterocycles. The van der Waals surface area contributed by atoms with Crippen LogP contribution in [0.4, 0.5) is 18.9 Å². The lowest BCUT2D eigenvalue weighted by atomic mass is 9.90. The van der Waals surface area contributed by atoms with E-state index in [9.17, 15) is 18.0 Å². The predicted octanol–water partition coefficient (Wildman–Crippen LogP) is 5.35. The molecule has 1 fully saturated rings. The second-order valence-corrected chi connectivity index (χ2v) is 10.4. The maximum Gasteiger partial charge on any atom is 0.433 e. The van der Waals surface area contributed by atoms with Gasteiger partial charge in [0.05, 0.1) is 11.3 Å². The number of carbonyl (C=O) groups is 1. The fourth-order valence-corrected chi connectivity index (χ4v) is 4.89. The molecule has 0 bridgehead atoms. The lowest BCUT2D eigenvalue weighted by Gasteiger charge is -2.37. The number of benzene rings is 1. The molecule has 1 aliphatic carbocycles. The van der Waals surface area contributed by atoms with Gasteiger partial charge < -0.3 is 15.1 Å². The van der Waals surface area contributed by atoms with Gasteiger partial charge in [-0.05, 0) is 49.9 Å². The Kier molecular flexibility index (Phi) is 8.34. The van der Waals surface area contributed by atoms with Gasteiger partial charge in [0.15, 0.2) is 0 Å². The first kappa shape index (κ1) is 25.8. The molecule has 1 saturated carbocycles. The first-order valence-electron chi connectivity index (χ1n) is 10.5. The van der Waals surface area contributed by atoms with Crippen LogP contribution in [-0.2, 0) is 11.0 Å². The molecule has 1 aliphatic rings. The summed E-state index contributed by atoms with van der Waals surface area (Å²) in [6.07, 6.45) is -1.55. The fourth-order valence-electron chi connectivity index (χ4n) is 3.95. The molecule has 0 spiro atoms. The van der Waals surface area contributed by atoms with Crippen molar-refractivity contribution in [2.24, 2.45) is 0 Å². The molecule has 180 valence electrons. The molecule has 0 atom stereocenters. The highest BCUT2D eigenvalue weighted by molar-refractivity contribution is 8.23. The molecule has 1 aromatic heterocycles. The van der Waals surface area contributed by atoms with Crippen molar-refractivity contribution < 1.29 is 18.0 Å². The van der Waals surface area contributed by atoms with Crippen LogP contribution >= 0.6 is 35.6 Å². The summed E-state index contributed by atoms with van der Waals surface area (Å²) in [5.74, 6) is 0.200. The van der Waals surface area contributed by atoms with Crippen molar-refractivity contribution in [2.45, 2.75) is 43.9 Å². The van der Waals surface area contributed by atoms with E-state index in [4.69, 9.17) is 23.8 Å². The highest BCUT2D eigenvalue weighted by Crippen LogP contribution is 2.37. The number of thiocarbonyl (C=S) groups is 1. The van der Waals surface area contributed by atoms with Gasteiger partial charge in [-0.3, -0.25) is 4.79 Å². The normalized spacial score (nSPS) is 18.8. The third-order valence-corrected chi connectivity index (χ3v) is 7.69. The Hall–Kier alpha value is -1.78. The van der Waals surface area contributed by atoms with Crippen LogP contribution in [0.25, 0.3) is 10.9 Å². The van der Waals surface area contributed by atoms with Gasteiger partial charge in [-0.25, -0.2) is 4.98 Å². The fraction of sp³-hybridized carbons (Fsp3) is 0.500. The highest BCUT2D eigenvalue weighted by atomic mass is 35.5. The summed E-state index contributed by atoms with van der Waals surface area (Å²) in [7, 11) is 5.48. The molecule has 1 amide bonds. The monoisotopic (exact) mass is 518 g/mol. The SMILES string of the molecule is CN(C)C(=S)SCC(=O)NC1CCC(N(C)c2cc(C(F)(F)F)nc3ccc(Cl)cc23)CC1. The maximum absolute atomic E-state index is 13.5. The van der Waals surface area contributed by atoms with E-state index in [0.717, 1.165) is 31.7 Å². The molecule has 0 radical (unpaired) electrons.